The Hall–Kier alpha value is -0.530. The van der Waals surface area contributed by atoms with E-state index in [2.05, 4.69) is 29.2 Å². The normalized spacial score (nSPS) is 23.1. The summed E-state index contributed by atoms with van der Waals surface area (Å²) in [6.07, 6.45) is 6.73. The van der Waals surface area contributed by atoms with Crippen molar-refractivity contribution in [3.05, 3.63) is 35.4 Å². The molecule has 1 nitrogen and oxygen atoms in total. The third-order valence-corrected chi connectivity index (χ3v) is 4.55. The van der Waals surface area contributed by atoms with Crippen molar-refractivity contribution in [1.82, 2.24) is 4.90 Å². The summed E-state index contributed by atoms with van der Waals surface area (Å²) in [6, 6.07) is 9.85. The van der Waals surface area contributed by atoms with Crippen molar-refractivity contribution in [3.63, 3.8) is 0 Å². The van der Waals surface area contributed by atoms with Crippen molar-refractivity contribution in [2.45, 2.75) is 44.1 Å². The van der Waals surface area contributed by atoms with Gasteiger partial charge in [-0.15, -0.1) is 11.6 Å². The van der Waals surface area contributed by atoms with Gasteiger partial charge in [-0.25, -0.2) is 0 Å². The predicted molar refractivity (Wildman–Crippen MR) is 77.4 cm³/mol. The zero-order valence-corrected chi connectivity index (χ0v) is 11.7. The van der Waals surface area contributed by atoms with E-state index in [1.807, 2.05) is 0 Å². The molecule has 2 heteroatoms. The van der Waals surface area contributed by atoms with Crippen LogP contribution in [0.5, 0.6) is 0 Å². The lowest BCUT2D eigenvalue weighted by molar-refractivity contribution is 0.251. The molecule has 98 valence electrons. The van der Waals surface area contributed by atoms with Crippen LogP contribution in [0.1, 0.15) is 42.7 Å². The van der Waals surface area contributed by atoms with Crippen molar-refractivity contribution in [2.24, 2.45) is 0 Å². The van der Waals surface area contributed by atoms with E-state index in [9.17, 15) is 0 Å². The lowest BCUT2D eigenvalue weighted by Crippen LogP contribution is -2.33. The molecular formula is C16H22ClN. The van der Waals surface area contributed by atoms with Gasteiger partial charge < -0.3 is 0 Å². The van der Waals surface area contributed by atoms with E-state index in [1.165, 1.54) is 38.6 Å². The van der Waals surface area contributed by atoms with Crippen LogP contribution >= 0.6 is 11.6 Å². The third kappa shape index (κ3) is 2.73. The Morgan fingerprint density at radius 2 is 2.00 bits per heavy atom. The molecule has 18 heavy (non-hydrogen) atoms. The standard InChI is InChI=1S/C16H22ClN/c17-10-11-18(15-8-9-15)12-14-6-3-5-13-4-1-2-7-16(13)14/h1-2,4,7,14-15H,3,5-6,8-12H2. The number of alkyl halides is 1. The highest BCUT2D eigenvalue weighted by Crippen LogP contribution is 2.35. The number of aryl methyl sites for hydroxylation is 1. The summed E-state index contributed by atoms with van der Waals surface area (Å²) < 4.78 is 0. The third-order valence-electron chi connectivity index (χ3n) is 4.38. The maximum absolute atomic E-state index is 5.94. The highest BCUT2D eigenvalue weighted by Gasteiger charge is 2.31. The Labute approximate surface area is 115 Å². The van der Waals surface area contributed by atoms with Crippen molar-refractivity contribution in [3.8, 4) is 0 Å². The van der Waals surface area contributed by atoms with Gasteiger partial charge in [-0.3, -0.25) is 4.90 Å². The Morgan fingerprint density at radius 1 is 1.17 bits per heavy atom. The molecule has 1 atom stereocenters. The number of fused-ring (bicyclic) bond motifs is 1. The fourth-order valence-electron chi connectivity index (χ4n) is 3.30. The van der Waals surface area contributed by atoms with Crippen LogP contribution in [0.2, 0.25) is 0 Å². The van der Waals surface area contributed by atoms with Crippen LogP contribution in [-0.2, 0) is 6.42 Å². The zero-order chi connectivity index (χ0) is 12.4. The van der Waals surface area contributed by atoms with Crippen LogP contribution in [0.4, 0.5) is 0 Å². The molecule has 0 aliphatic heterocycles. The minimum absolute atomic E-state index is 0.735. The van der Waals surface area contributed by atoms with Gasteiger partial charge in [0.2, 0.25) is 0 Å². The smallest absolute Gasteiger partial charge is 0.0351 e. The monoisotopic (exact) mass is 263 g/mol. The van der Waals surface area contributed by atoms with E-state index in [-0.39, 0.29) is 0 Å². The summed E-state index contributed by atoms with van der Waals surface area (Å²) in [7, 11) is 0. The van der Waals surface area contributed by atoms with E-state index in [0.717, 1.165) is 24.4 Å². The molecule has 1 unspecified atom stereocenters. The SMILES string of the molecule is ClCCN(CC1CCCc2ccccc21)C1CC1. The minimum atomic E-state index is 0.735. The number of hydrogen-bond acceptors (Lipinski definition) is 1. The number of benzene rings is 1. The molecule has 0 bridgehead atoms. The molecule has 0 saturated heterocycles. The van der Waals surface area contributed by atoms with Crippen LogP contribution in [0.3, 0.4) is 0 Å². The molecule has 2 aliphatic carbocycles. The summed E-state index contributed by atoms with van der Waals surface area (Å²) in [5, 5.41) is 0. The number of nitrogens with zero attached hydrogens (tertiary/aromatic N) is 1. The van der Waals surface area contributed by atoms with Gasteiger partial charge in [-0.05, 0) is 49.1 Å². The average molecular weight is 264 g/mol. The van der Waals surface area contributed by atoms with Gasteiger partial charge in [0.25, 0.3) is 0 Å². The first-order chi connectivity index (χ1) is 8.88. The molecule has 0 heterocycles. The van der Waals surface area contributed by atoms with Gasteiger partial charge in [-0.2, -0.15) is 0 Å². The lowest BCUT2D eigenvalue weighted by Gasteiger charge is -2.31. The maximum Gasteiger partial charge on any atom is 0.0351 e. The maximum atomic E-state index is 5.94. The Morgan fingerprint density at radius 3 is 2.78 bits per heavy atom. The molecule has 0 N–H and O–H groups in total. The van der Waals surface area contributed by atoms with E-state index in [1.54, 1.807) is 11.1 Å². The van der Waals surface area contributed by atoms with Crippen LogP contribution in [-0.4, -0.2) is 29.9 Å². The predicted octanol–water partition coefficient (Wildman–Crippen LogP) is 3.81. The summed E-state index contributed by atoms with van der Waals surface area (Å²) >= 11 is 5.94. The molecule has 1 aromatic rings. The molecule has 1 fully saturated rings. The van der Waals surface area contributed by atoms with Crippen LogP contribution < -0.4 is 0 Å². The summed E-state index contributed by atoms with van der Waals surface area (Å²) in [6.45, 7) is 2.28. The molecule has 1 aromatic carbocycles. The molecule has 3 rings (SSSR count). The van der Waals surface area contributed by atoms with Crippen molar-refractivity contribution < 1.29 is 0 Å². The van der Waals surface area contributed by atoms with Gasteiger partial charge in [0, 0.05) is 25.0 Å². The molecule has 1 saturated carbocycles. The first kappa shape index (κ1) is 12.5. The Kier molecular flexibility index (Phi) is 3.91. The topological polar surface area (TPSA) is 3.24 Å². The van der Waals surface area contributed by atoms with Gasteiger partial charge in [-0.1, -0.05) is 24.3 Å². The van der Waals surface area contributed by atoms with Crippen molar-refractivity contribution in [1.29, 1.82) is 0 Å². The molecule has 0 radical (unpaired) electrons. The largest absolute Gasteiger partial charge is 0.299 e. The summed E-state index contributed by atoms with van der Waals surface area (Å²) in [4.78, 5) is 2.62. The van der Waals surface area contributed by atoms with Crippen LogP contribution in [0.15, 0.2) is 24.3 Å². The second-order valence-corrected chi connectivity index (χ2v) is 6.08. The summed E-state index contributed by atoms with van der Waals surface area (Å²) in [5.41, 5.74) is 3.18. The van der Waals surface area contributed by atoms with Gasteiger partial charge in [0.1, 0.15) is 0 Å². The van der Waals surface area contributed by atoms with E-state index in [0.29, 0.717) is 0 Å². The first-order valence-electron chi connectivity index (χ1n) is 7.26. The van der Waals surface area contributed by atoms with Crippen molar-refractivity contribution in [2.75, 3.05) is 19.0 Å². The van der Waals surface area contributed by atoms with Gasteiger partial charge in [0.15, 0.2) is 0 Å². The van der Waals surface area contributed by atoms with E-state index < -0.39 is 0 Å². The van der Waals surface area contributed by atoms with Crippen LogP contribution in [0.25, 0.3) is 0 Å². The summed E-state index contributed by atoms with van der Waals surface area (Å²) in [5.74, 6) is 1.50. The van der Waals surface area contributed by atoms with Crippen LogP contribution in [0, 0.1) is 0 Å². The van der Waals surface area contributed by atoms with E-state index in [4.69, 9.17) is 11.6 Å². The molecule has 0 amide bonds. The highest BCUT2D eigenvalue weighted by molar-refractivity contribution is 6.18. The number of halogens is 1. The van der Waals surface area contributed by atoms with Crippen molar-refractivity contribution >= 4 is 11.6 Å². The lowest BCUT2D eigenvalue weighted by atomic mass is 9.82. The first-order valence-corrected chi connectivity index (χ1v) is 7.80. The Bertz CT molecular complexity index is 400. The fraction of sp³-hybridized carbons (Fsp3) is 0.625. The molecular weight excluding hydrogens is 242 g/mol. The molecule has 0 spiro atoms. The second kappa shape index (κ2) is 5.63. The zero-order valence-electron chi connectivity index (χ0n) is 10.9. The fourth-order valence-corrected chi connectivity index (χ4v) is 3.52. The molecule has 2 aliphatic rings. The highest BCUT2D eigenvalue weighted by atomic mass is 35.5. The second-order valence-electron chi connectivity index (χ2n) is 5.70. The quantitative estimate of drug-likeness (QED) is 0.731. The number of hydrogen-bond donors (Lipinski definition) is 0. The Balaban J connectivity index is 1.72. The van der Waals surface area contributed by atoms with Gasteiger partial charge >= 0.3 is 0 Å². The number of rotatable bonds is 5. The minimum Gasteiger partial charge on any atom is -0.299 e. The van der Waals surface area contributed by atoms with Gasteiger partial charge in [0.05, 0.1) is 0 Å². The average Bonchev–Trinajstić information content (AvgIpc) is 3.23. The van der Waals surface area contributed by atoms with E-state index >= 15 is 0 Å². The molecule has 0 aromatic heterocycles.